The lowest BCUT2D eigenvalue weighted by atomic mass is 9.87. The van der Waals surface area contributed by atoms with Crippen LogP contribution in [0.2, 0.25) is 0 Å². The minimum absolute atomic E-state index is 0.000257. The Labute approximate surface area is 139 Å². The highest BCUT2D eigenvalue weighted by atomic mass is 32.2. The maximum absolute atomic E-state index is 12.8. The van der Waals surface area contributed by atoms with Gasteiger partial charge in [-0.1, -0.05) is 6.92 Å². The van der Waals surface area contributed by atoms with Crippen molar-refractivity contribution in [2.75, 3.05) is 31.6 Å². The van der Waals surface area contributed by atoms with E-state index >= 15 is 0 Å². The molecule has 6 nitrogen and oxygen atoms in total. The molecule has 0 aromatic rings. The summed E-state index contributed by atoms with van der Waals surface area (Å²) in [6.07, 6.45) is 2.53. The van der Waals surface area contributed by atoms with E-state index in [1.807, 2.05) is 0 Å². The van der Waals surface area contributed by atoms with Crippen LogP contribution in [-0.2, 0) is 19.4 Å². The molecular weight excluding hydrogens is 316 g/mol. The summed E-state index contributed by atoms with van der Waals surface area (Å²) in [4.78, 5) is 28.9. The highest BCUT2D eigenvalue weighted by Gasteiger charge is 2.44. The van der Waals surface area contributed by atoms with Gasteiger partial charge in [0.25, 0.3) is 0 Å². The van der Waals surface area contributed by atoms with Crippen LogP contribution in [0.3, 0.4) is 0 Å². The van der Waals surface area contributed by atoms with Crippen molar-refractivity contribution in [1.82, 2.24) is 9.80 Å². The first kappa shape index (κ1) is 18.2. The van der Waals surface area contributed by atoms with Crippen LogP contribution in [0.25, 0.3) is 0 Å². The SMILES string of the molecule is CC1CCCN(C(=O)C(C)(C)C(=O)N(C)C2CCS(=O)(=O)C2)C1. The molecule has 2 unspecified atom stereocenters. The molecule has 2 aliphatic heterocycles. The number of carbonyl (C=O) groups is 2. The number of hydrogen-bond acceptors (Lipinski definition) is 4. The van der Waals surface area contributed by atoms with E-state index in [1.54, 1.807) is 25.8 Å². The van der Waals surface area contributed by atoms with Gasteiger partial charge in [0.15, 0.2) is 9.84 Å². The van der Waals surface area contributed by atoms with Crippen molar-refractivity contribution in [3.63, 3.8) is 0 Å². The van der Waals surface area contributed by atoms with Crippen LogP contribution in [0.5, 0.6) is 0 Å². The fourth-order valence-corrected chi connectivity index (χ4v) is 5.32. The van der Waals surface area contributed by atoms with Gasteiger partial charge in [-0.3, -0.25) is 9.59 Å². The van der Waals surface area contributed by atoms with E-state index in [2.05, 4.69) is 6.92 Å². The lowest BCUT2D eigenvalue weighted by Crippen LogP contribution is -2.54. The summed E-state index contributed by atoms with van der Waals surface area (Å²) in [5.74, 6) is 0.133. The van der Waals surface area contributed by atoms with E-state index in [9.17, 15) is 18.0 Å². The molecule has 132 valence electrons. The molecule has 0 spiro atoms. The number of sulfone groups is 1. The predicted octanol–water partition coefficient (Wildman–Crippen LogP) is 0.917. The minimum Gasteiger partial charge on any atom is -0.342 e. The molecule has 2 saturated heterocycles. The average Bonchev–Trinajstić information content (AvgIpc) is 2.85. The second-order valence-electron chi connectivity index (χ2n) is 7.60. The van der Waals surface area contributed by atoms with Crippen molar-refractivity contribution >= 4 is 21.7 Å². The van der Waals surface area contributed by atoms with Gasteiger partial charge in [0.1, 0.15) is 5.41 Å². The second kappa shape index (κ2) is 6.42. The third-order valence-corrected chi connectivity index (χ3v) is 6.84. The number of hydrogen-bond donors (Lipinski definition) is 0. The van der Waals surface area contributed by atoms with Gasteiger partial charge in [0, 0.05) is 26.2 Å². The maximum atomic E-state index is 12.8. The Kier molecular flexibility index (Phi) is 5.09. The van der Waals surface area contributed by atoms with Crippen LogP contribution in [0.1, 0.15) is 40.0 Å². The molecule has 0 aromatic carbocycles. The minimum atomic E-state index is -3.06. The van der Waals surface area contributed by atoms with Crippen LogP contribution in [0.15, 0.2) is 0 Å². The first-order chi connectivity index (χ1) is 10.5. The van der Waals surface area contributed by atoms with Gasteiger partial charge in [0.2, 0.25) is 11.8 Å². The van der Waals surface area contributed by atoms with Crippen molar-refractivity contribution in [3.05, 3.63) is 0 Å². The zero-order chi connectivity index (χ0) is 17.4. The molecule has 0 bridgehead atoms. The third kappa shape index (κ3) is 3.87. The van der Waals surface area contributed by atoms with Crippen LogP contribution in [0.4, 0.5) is 0 Å². The summed E-state index contributed by atoms with van der Waals surface area (Å²) in [5, 5.41) is 0. The molecule has 2 aliphatic rings. The lowest BCUT2D eigenvalue weighted by molar-refractivity contribution is -0.155. The number of nitrogens with zero attached hydrogens (tertiary/aromatic N) is 2. The van der Waals surface area contributed by atoms with E-state index in [0.717, 1.165) is 12.8 Å². The molecule has 23 heavy (non-hydrogen) atoms. The Morgan fingerprint density at radius 3 is 2.39 bits per heavy atom. The van der Waals surface area contributed by atoms with Crippen LogP contribution in [-0.4, -0.2) is 67.7 Å². The Bertz CT molecular complexity index is 585. The molecule has 0 saturated carbocycles. The van der Waals surface area contributed by atoms with Crippen LogP contribution >= 0.6 is 0 Å². The quantitative estimate of drug-likeness (QED) is 0.714. The summed E-state index contributed by atoms with van der Waals surface area (Å²) in [6, 6.07) is -0.320. The Hall–Kier alpha value is -1.11. The normalized spacial score (nSPS) is 27.7. The topological polar surface area (TPSA) is 74.8 Å². The first-order valence-corrected chi connectivity index (χ1v) is 10.1. The van der Waals surface area contributed by atoms with Crippen LogP contribution in [0, 0.1) is 11.3 Å². The van der Waals surface area contributed by atoms with Gasteiger partial charge < -0.3 is 9.80 Å². The number of rotatable bonds is 3. The van der Waals surface area contributed by atoms with Gasteiger partial charge in [-0.25, -0.2) is 8.42 Å². The van der Waals surface area contributed by atoms with Crippen molar-refractivity contribution in [1.29, 1.82) is 0 Å². The number of carbonyl (C=O) groups excluding carboxylic acids is 2. The highest BCUT2D eigenvalue weighted by Crippen LogP contribution is 2.28. The molecule has 2 amide bonds. The lowest BCUT2D eigenvalue weighted by Gasteiger charge is -2.38. The van der Waals surface area contributed by atoms with Gasteiger partial charge in [-0.2, -0.15) is 0 Å². The largest absolute Gasteiger partial charge is 0.342 e. The zero-order valence-electron chi connectivity index (χ0n) is 14.5. The molecule has 2 atom stereocenters. The molecule has 2 rings (SSSR count). The average molecular weight is 344 g/mol. The van der Waals surface area contributed by atoms with Crippen molar-refractivity contribution in [2.45, 2.75) is 46.1 Å². The van der Waals surface area contributed by atoms with E-state index in [-0.39, 0.29) is 29.4 Å². The fourth-order valence-electron chi connectivity index (χ4n) is 3.55. The summed E-state index contributed by atoms with van der Waals surface area (Å²) >= 11 is 0. The third-order valence-electron chi connectivity index (χ3n) is 5.09. The van der Waals surface area contributed by atoms with Crippen molar-refractivity contribution in [3.8, 4) is 0 Å². The fraction of sp³-hybridized carbons (Fsp3) is 0.875. The molecular formula is C16H28N2O4S. The summed E-state index contributed by atoms with van der Waals surface area (Å²) < 4.78 is 23.2. The summed E-state index contributed by atoms with van der Waals surface area (Å²) in [7, 11) is -1.44. The van der Waals surface area contributed by atoms with Crippen molar-refractivity contribution < 1.29 is 18.0 Å². The zero-order valence-corrected chi connectivity index (χ0v) is 15.4. The first-order valence-electron chi connectivity index (χ1n) is 8.31. The van der Waals surface area contributed by atoms with Crippen molar-refractivity contribution in [2.24, 2.45) is 11.3 Å². The van der Waals surface area contributed by atoms with Crippen LogP contribution < -0.4 is 0 Å². The molecule has 0 N–H and O–H groups in total. The molecule has 2 heterocycles. The summed E-state index contributed by atoms with van der Waals surface area (Å²) in [6.45, 7) is 6.80. The molecule has 0 aromatic heterocycles. The Morgan fingerprint density at radius 1 is 1.22 bits per heavy atom. The molecule has 2 fully saturated rings. The van der Waals surface area contributed by atoms with Gasteiger partial charge >= 0.3 is 0 Å². The molecule has 7 heteroatoms. The standard InChI is InChI=1S/C16H28N2O4S/c1-12-6-5-8-18(10-12)15(20)16(2,3)14(19)17(4)13-7-9-23(21,22)11-13/h12-13H,5-11H2,1-4H3. The number of likely N-dealkylation sites (tertiary alicyclic amines) is 1. The monoisotopic (exact) mass is 344 g/mol. The predicted molar refractivity (Wildman–Crippen MR) is 88.6 cm³/mol. The van der Waals surface area contributed by atoms with E-state index in [4.69, 9.17) is 0 Å². The molecule has 0 radical (unpaired) electrons. The Morgan fingerprint density at radius 2 is 1.87 bits per heavy atom. The maximum Gasteiger partial charge on any atom is 0.237 e. The summed E-state index contributed by atoms with van der Waals surface area (Å²) in [5.41, 5.74) is -1.15. The second-order valence-corrected chi connectivity index (χ2v) is 9.83. The number of amides is 2. The van der Waals surface area contributed by atoms with Gasteiger partial charge in [-0.15, -0.1) is 0 Å². The van der Waals surface area contributed by atoms with Gasteiger partial charge in [-0.05, 0) is 39.0 Å². The smallest absolute Gasteiger partial charge is 0.237 e. The highest BCUT2D eigenvalue weighted by molar-refractivity contribution is 7.91. The van der Waals surface area contributed by atoms with E-state index in [0.29, 0.717) is 25.4 Å². The Balaban J connectivity index is 2.08. The van der Waals surface area contributed by atoms with Gasteiger partial charge in [0.05, 0.1) is 11.5 Å². The van der Waals surface area contributed by atoms with E-state index in [1.165, 1.54) is 4.90 Å². The molecule has 0 aliphatic carbocycles. The number of piperidine rings is 1. The van der Waals surface area contributed by atoms with E-state index < -0.39 is 15.3 Å².